The van der Waals surface area contributed by atoms with Crippen LogP contribution >= 0.6 is 12.2 Å². The van der Waals surface area contributed by atoms with Crippen molar-refractivity contribution in [2.45, 2.75) is 25.4 Å². The number of hydrazone groups is 1. The third-order valence-corrected chi connectivity index (χ3v) is 5.45. The molecule has 13 heteroatoms. The molecular weight excluding hydrogens is 534 g/mol. The second-order valence-electron chi connectivity index (χ2n) is 7.93. The fourth-order valence-corrected chi connectivity index (χ4v) is 3.78. The summed E-state index contributed by atoms with van der Waals surface area (Å²) in [5.41, 5.74) is 4.02. The number of oxime groups is 1. The largest absolute Gasteiger partial charge is 0.573 e. The third kappa shape index (κ3) is 7.22. The van der Waals surface area contributed by atoms with Gasteiger partial charge in [-0.25, -0.2) is 0 Å². The number of fused-ring (bicyclic) bond motifs is 1. The number of hydrogen-bond acceptors (Lipinski definition) is 5. The number of hydrogen-bond donors (Lipinski definition) is 2. The molecule has 0 radical (unpaired) electrons. The average molecular weight is 553 g/mol. The zero-order valence-electron chi connectivity index (χ0n) is 19.2. The van der Waals surface area contributed by atoms with Gasteiger partial charge in [0.25, 0.3) is 0 Å². The molecule has 0 atom stereocenters. The lowest BCUT2D eigenvalue weighted by Crippen LogP contribution is -2.25. The van der Waals surface area contributed by atoms with E-state index >= 15 is 0 Å². The van der Waals surface area contributed by atoms with E-state index in [1.165, 1.54) is 42.6 Å². The van der Waals surface area contributed by atoms with Gasteiger partial charge < -0.3 is 14.9 Å². The van der Waals surface area contributed by atoms with Crippen LogP contribution in [0.4, 0.5) is 32.0 Å². The van der Waals surface area contributed by atoms with Crippen molar-refractivity contribution in [1.29, 1.82) is 0 Å². The van der Waals surface area contributed by atoms with E-state index < -0.39 is 18.1 Å². The molecule has 0 spiro atoms. The minimum atomic E-state index is -4.76. The molecule has 1 aliphatic carbocycles. The van der Waals surface area contributed by atoms with Gasteiger partial charge in [-0.05, 0) is 90.8 Å². The van der Waals surface area contributed by atoms with Crippen molar-refractivity contribution in [3.8, 4) is 11.5 Å². The number of anilines is 1. The molecule has 4 rings (SSSR count). The van der Waals surface area contributed by atoms with Gasteiger partial charge >= 0.3 is 12.5 Å². The van der Waals surface area contributed by atoms with Gasteiger partial charge in [0.05, 0.1) is 23.2 Å². The van der Waals surface area contributed by atoms with Gasteiger partial charge in [0, 0.05) is 5.56 Å². The summed E-state index contributed by atoms with van der Waals surface area (Å²) in [5, 5.41) is 10.4. The first-order chi connectivity index (χ1) is 18.0. The van der Waals surface area contributed by atoms with E-state index in [1.54, 1.807) is 24.3 Å². The Morgan fingerprint density at radius 2 is 1.61 bits per heavy atom. The zero-order valence-corrected chi connectivity index (χ0v) is 20.0. The summed E-state index contributed by atoms with van der Waals surface area (Å²) in [7, 11) is 0. The molecule has 3 aromatic rings. The topological polar surface area (TPSA) is 67.2 Å². The summed E-state index contributed by atoms with van der Waals surface area (Å²) in [5.74, 6) is 0.127. The van der Waals surface area contributed by atoms with E-state index in [9.17, 15) is 26.3 Å². The highest BCUT2D eigenvalue weighted by Crippen LogP contribution is 2.34. The molecular formula is C25H18F6N4O2S. The van der Waals surface area contributed by atoms with Crippen LogP contribution in [0.3, 0.4) is 0 Å². The monoisotopic (exact) mass is 552 g/mol. The Morgan fingerprint density at radius 3 is 2.32 bits per heavy atom. The fourth-order valence-electron chi connectivity index (χ4n) is 3.62. The van der Waals surface area contributed by atoms with Crippen LogP contribution in [0.15, 0.2) is 77.0 Å². The van der Waals surface area contributed by atoms with Crippen molar-refractivity contribution < 1.29 is 35.9 Å². The van der Waals surface area contributed by atoms with Crippen molar-refractivity contribution >= 4 is 34.9 Å². The summed E-state index contributed by atoms with van der Waals surface area (Å²) in [6.07, 6.45) is -6.87. The first kappa shape index (κ1) is 26.9. The van der Waals surface area contributed by atoms with Gasteiger partial charge in [0.1, 0.15) is 5.75 Å². The summed E-state index contributed by atoms with van der Waals surface area (Å²) in [6, 6.07) is 15.6. The molecule has 2 N–H and O–H groups in total. The number of nitrogens with zero attached hydrogens (tertiary/aromatic N) is 2. The van der Waals surface area contributed by atoms with Crippen LogP contribution in [0.5, 0.6) is 11.5 Å². The Morgan fingerprint density at radius 1 is 0.895 bits per heavy atom. The van der Waals surface area contributed by atoms with Crippen LogP contribution in [-0.2, 0) is 12.6 Å². The lowest BCUT2D eigenvalue weighted by molar-refractivity contribution is -0.274. The predicted molar refractivity (Wildman–Crippen MR) is 133 cm³/mol. The highest BCUT2D eigenvalue weighted by Gasteiger charge is 2.33. The molecule has 0 saturated carbocycles. The quantitative estimate of drug-likeness (QED) is 0.155. The van der Waals surface area contributed by atoms with Crippen LogP contribution in [0, 0.1) is 0 Å². The Labute approximate surface area is 217 Å². The van der Waals surface area contributed by atoms with E-state index in [2.05, 4.69) is 25.7 Å². The van der Waals surface area contributed by atoms with Crippen LogP contribution in [-0.4, -0.2) is 23.4 Å². The lowest BCUT2D eigenvalue weighted by atomic mass is 10.1. The SMILES string of the molecule is FC(F)(F)Oc1ccc2c(c1)CC/C2=N/Oc1ccc(/C=N/NC(=S)Nc2ccccc2C(F)(F)F)cc1. The summed E-state index contributed by atoms with van der Waals surface area (Å²) in [6.45, 7) is 0. The fraction of sp³-hybridized carbons (Fsp3) is 0.160. The number of para-hydroxylation sites is 1. The average Bonchev–Trinajstić information content (AvgIpc) is 3.24. The van der Waals surface area contributed by atoms with Gasteiger partial charge in [0.15, 0.2) is 10.9 Å². The molecule has 0 saturated heterocycles. The zero-order chi connectivity index (χ0) is 27.3. The van der Waals surface area contributed by atoms with Crippen LogP contribution in [0.2, 0.25) is 0 Å². The highest BCUT2D eigenvalue weighted by atomic mass is 32.1. The molecule has 0 fully saturated rings. The molecule has 0 bridgehead atoms. The minimum absolute atomic E-state index is 0.123. The predicted octanol–water partition coefficient (Wildman–Crippen LogP) is 6.65. The number of alkyl halides is 6. The maximum absolute atomic E-state index is 13.1. The molecule has 0 unspecified atom stereocenters. The van der Waals surface area contributed by atoms with Gasteiger partial charge in [0.2, 0.25) is 0 Å². The first-order valence-corrected chi connectivity index (χ1v) is 11.4. The number of halogens is 6. The maximum atomic E-state index is 13.1. The highest BCUT2D eigenvalue weighted by molar-refractivity contribution is 7.80. The van der Waals surface area contributed by atoms with Gasteiger partial charge in [-0.2, -0.15) is 18.3 Å². The number of aryl methyl sites for hydroxylation is 1. The van der Waals surface area contributed by atoms with Crippen LogP contribution in [0.25, 0.3) is 0 Å². The van der Waals surface area contributed by atoms with E-state index in [-0.39, 0.29) is 16.5 Å². The van der Waals surface area contributed by atoms with E-state index in [1.807, 2.05) is 0 Å². The van der Waals surface area contributed by atoms with E-state index in [0.29, 0.717) is 41.0 Å². The van der Waals surface area contributed by atoms with Gasteiger partial charge in [-0.15, -0.1) is 13.2 Å². The minimum Gasteiger partial charge on any atom is -0.406 e. The number of ether oxygens (including phenoxy) is 1. The van der Waals surface area contributed by atoms with E-state index in [0.717, 1.165) is 6.07 Å². The molecule has 0 amide bonds. The third-order valence-electron chi connectivity index (χ3n) is 5.25. The summed E-state index contributed by atoms with van der Waals surface area (Å²) < 4.78 is 80.5. The second-order valence-corrected chi connectivity index (χ2v) is 8.34. The molecule has 1 aliphatic rings. The van der Waals surface area contributed by atoms with Crippen molar-refractivity contribution in [3.63, 3.8) is 0 Å². The van der Waals surface area contributed by atoms with Crippen molar-refractivity contribution in [2.75, 3.05) is 5.32 Å². The normalized spacial score (nSPS) is 14.4. The number of benzene rings is 3. The molecule has 0 heterocycles. The Kier molecular flexibility index (Phi) is 7.86. The van der Waals surface area contributed by atoms with Gasteiger partial charge in [-0.3, -0.25) is 5.43 Å². The van der Waals surface area contributed by atoms with Crippen LogP contribution < -0.4 is 20.3 Å². The number of rotatable bonds is 6. The smallest absolute Gasteiger partial charge is 0.406 e. The maximum Gasteiger partial charge on any atom is 0.573 e. The van der Waals surface area contributed by atoms with E-state index in [4.69, 9.17) is 17.1 Å². The molecule has 0 aliphatic heterocycles. The lowest BCUT2D eigenvalue weighted by Gasteiger charge is -2.14. The molecule has 6 nitrogen and oxygen atoms in total. The summed E-state index contributed by atoms with van der Waals surface area (Å²) in [4.78, 5) is 5.45. The first-order valence-electron chi connectivity index (χ1n) is 11.0. The Bertz CT molecular complexity index is 1370. The molecule has 38 heavy (non-hydrogen) atoms. The molecule has 198 valence electrons. The second kappa shape index (κ2) is 11.1. The van der Waals surface area contributed by atoms with Crippen molar-refractivity contribution in [1.82, 2.24) is 5.43 Å². The number of nitrogens with one attached hydrogen (secondary N) is 2. The standard InChI is InChI=1S/C25H18F6N4O2S/c26-24(27,28)20-3-1-2-4-22(20)33-23(38)34-32-14-15-5-8-17(9-6-15)37-35-21-12-7-16-13-18(10-11-19(16)21)36-25(29,30)31/h1-6,8-11,13-14H,7,12H2,(H2,33,34,38)/b32-14+,35-21-. The van der Waals surface area contributed by atoms with Crippen molar-refractivity contribution in [3.05, 3.63) is 89.0 Å². The Balaban J connectivity index is 1.31. The summed E-state index contributed by atoms with van der Waals surface area (Å²) >= 11 is 5.00. The number of thiocarbonyl (C=S) groups is 1. The van der Waals surface area contributed by atoms with Crippen LogP contribution in [0.1, 0.15) is 28.7 Å². The molecule has 0 aromatic heterocycles. The Hall–Kier alpha value is -4.13. The van der Waals surface area contributed by atoms with Crippen molar-refractivity contribution in [2.24, 2.45) is 10.3 Å². The molecule has 3 aromatic carbocycles. The van der Waals surface area contributed by atoms with Gasteiger partial charge in [-0.1, -0.05) is 17.3 Å².